The van der Waals surface area contributed by atoms with Gasteiger partial charge in [-0.1, -0.05) is 45.0 Å². The van der Waals surface area contributed by atoms with E-state index in [9.17, 15) is 9.90 Å². The van der Waals surface area contributed by atoms with Gasteiger partial charge in [0.05, 0.1) is 12.0 Å². The smallest absolute Gasteiger partial charge is 0.169 e. The van der Waals surface area contributed by atoms with Gasteiger partial charge in [-0.3, -0.25) is 4.79 Å². The largest absolute Gasteiger partial charge is 0.388 e. The van der Waals surface area contributed by atoms with Crippen molar-refractivity contribution in [3.8, 4) is 0 Å². The minimum atomic E-state index is -0.622. The normalized spacial score (nSPS) is 24.6. The number of benzene rings is 1. The third-order valence-corrected chi connectivity index (χ3v) is 3.10. The summed E-state index contributed by atoms with van der Waals surface area (Å²) in [5.41, 5.74) is 1.55. The number of fused-ring (bicyclic) bond motifs is 1. The first-order valence-corrected chi connectivity index (χ1v) is 5.71. The van der Waals surface area contributed by atoms with E-state index in [1.54, 1.807) is 0 Å². The molecule has 16 heavy (non-hydrogen) atoms. The summed E-state index contributed by atoms with van der Waals surface area (Å²) in [6, 6.07) is 7.38. The molecule has 2 unspecified atom stereocenters. The summed E-state index contributed by atoms with van der Waals surface area (Å²) in [4.78, 5) is 12.1. The molecule has 86 valence electrons. The first-order valence-electron chi connectivity index (χ1n) is 5.71. The van der Waals surface area contributed by atoms with Crippen LogP contribution in [0, 0.1) is 11.3 Å². The van der Waals surface area contributed by atoms with E-state index in [2.05, 4.69) is 20.8 Å². The number of rotatable bonds is 1. The number of aliphatic hydroxyl groups excluding tert-OH is 1. The Hall–Kier alpha value is -1.15. The van der Waals surface area contributed by atoms with Crippen LogP contribution in [0.1, 0.15) is 49.2 Å². The quantitative estimate of drug-likeness (QED) is 0.786. The van der Waals surface area contributed by atoms with E-state index in [0.29, 0.717) is 5.56 Å². The zero-order valence-electron chi connectivity index (χ0n) is 10.0. The van der Waals surface area contributed by atoms with E-state index in [-0.39, 0.29) is 17.1 Å². The summed E-state index contributed by atoms with van der Waals surface area (Å²) in [6.45, 7) is 6.28. The van der Waals surface area contributed by atoms with Crippen LogP contribution in [-0.4, -0.2) is 10.9 Å². The summed E-state index contributed by atoms with van der Waals surface area (Å²) in [6.07, 6.45) is 0.102. The lowest BCUT2D eigenvalue weighted by Gasteiger charge is -2.24. The molecular formula is C14H18O2. The molecule has 2 heteroatoms. The zero-order chi connectivity index (χ0) is 11.9. The highest BCUT2D eigenvalue weighted by Crippen LogP contribution is 2.41. The number of Topliss-reactive ketones (excluding diaryl/α,β-unsaturated/α-hetero) is 1. The molecular weight excluding hydrogens is 200 g/mol. The first-order chi connectivity index (χ1) is 7.40. The highest BCUT2D eigenvalue weighted by molar-refractivity contribution is 6.02. The Kier molecular flexibility index (Phi) is 2.62. The van der Waals surface area contributed by atoms with Crippen molar-refractivity contribution in [1.29, 1.82) is 0 Å². The molecule has 1 aromatic carbocycles. The molecule has 1 aromatic rings. The van der Waals surface area contributed by atoms with E-state index < -0.39 is 6.10 Å². The SMILES string of the molecule is CC(C)(C)CC1C(=O)c2ccccc2C1O. The standard InChI is InChI=1S/C14H18O2/c1-14(2,3)8-11-12(15)9-6-4-5-7-10(9)13(11)16/h4-7,11-12,15H,8H2,1-3H3. The second-order valence-electron chi connectivity index (χ2n) is 5.77. The molecule has 2 nitrogen and oxygen atoms in total. The van der Waals surface area contributed by atoms with Gasteiger partial charge >= 0.3 is 0 Å². The molecule has 2 atom stereocenters. The molecule has 0 heterocycles. The summed E-state index contributed by atoms with van der Waals surface area (Å²) in [5.74, 6) is -0.171. The second-order valence-corrected chi connectivity index (χ2v) is 5.77. The summed E-state index contributed by atoms with van der Waals surface area (Å²) in [5, 5.41) is 10.2. The molecule has 1 aliphatic rings. The lowest BCUT2D eigenvalue weighted by atomic mass is 9.82. The average molecular weight is 218 g/mol. The van der Waals surface area contributed by atoms with E-state index >= 15 is 0 Å². The molecule has 1 aliphatic carbocycles. The van der Waals surface area contributed by atoms with Crippen molar-refractivity contribution in [2.45, 2.75) is 33.3 Å². The fourth-order valence-corrected chi connectivity index (χ4v) is 2.40. The van der Waals surface area contributed by atoms with Crippen molar-refractivity contribution < 1.29 is 9.90 Å². The first kappa shape index (κ1) is 11.3. The molecule has 0 fully saturated rings. The van der Waals surface area contributed by atoms with Crippen molar-refractivity contribution in [1.82, 2.24) is 0 Å². The monoisotopic (exact) mass is 218 g/mol. The summed E-state index contributed by atoms with van der Waals surface area (Å²) >= 11 is 0. The number of hydrogen-bond donors (Lipinski definition) is 1. The minimum Gasteiger partial charge on any atom is -0.388 e. The van der Waals surface area contributed by atoms with Gasteiger partial charge in [0.1, 0.15) is 0 Å². The predicted octanol–water partition coefficient (Wildman–Crippen LogP) is 2.97. The molecule has 2 rings (SSSR count). The Morgan fingerprint density at radius 2 is 1.88 bits per heavy atom. The van der Waals surface area contributed by atoms with Gasteiger partial charge in [0.2, 0.25) is 0 Å². The number of ketones is 1. The molecule has 0 spiro atoms. The summed E-state index contributed by atoms with van der Waals surface area (Å²) < 4.78 is 0. The highest BCUT2D eigenvalue weighted by Gasteiger charge is 2.40. The Morgan fingerprint density at radius 3 is 2.44 bits per heavy atom. The van der Waals surface area contributed by atoms with Crippen molar-refractivity contribution >= 4 is 5.78 Å². The van der Waals surface area contributed by atoms with Crippen LogP contribution in [-0.2, 0) is 0 Å². The summed E-state index contributed by atoms with van der Waals surface area (Å²) in [7, 11) is 0. The van der Waals surface area contributed by atoms with Crippen LogP contribution in [0.15, 0.2) is 24.3 Å². The minimum absolute atomic E-state index is 0.0589. The highest BCUT2D eigenvalue weighted by atomic mass is 16.3. The fraction of sp³-hybridized carbons (Fsp3) is 0.500. The van der Waals surface area contributed by atoms with Gasteiger partial charge in [-0.05, 0) is 17.4 Å². The van der Waals surface area contributed by atoms with Crippen molar-refractivity contribution in [2.24, 2.45) is 11.3 Å². The number of aliphatic hydroxyl groups is 1. The Labute approximate surface area is 96.3 Å². The lowest BCUT2D eigenvalue weighted by Crippen LogP contribution is -2.21. The molecule has 0 bridgehead atoms. The molecule has 0 saturated carbocycles. The van der Waals surface area contributed by atoms with Crippen molar-refractivity contribution in [3.05, 3.63) is 35.4 Å². The number of carbonyl (C=O) groups excluding carboxylic acids is 1. The molecule has 0 radical (unpaired) electrons. The second kappa shape index (κ2) is 3.70. The third-order valence-electron chi connectivity index (χ3n) is 3.10. The van der Waals surface area contributed by atoms with Crippen LogP contribution in [0.4, 0.5) is 0 Å². The molecule has 0 aliphatic heterocycles. The van der Waals surface area contributed by atoms with E-state index in [1.165, 1.54) is 0 Å². The van der Waals surface area contributed by atoms with Gasteiger partial charge in [-0.25, -0.2) is 0 Å². The Morgan fingerprint density at radius 1 is 1.25 bits per heavy atom. The number of carbonyl (C=O) groups is 1. The van der Waals surface area contributed by atoms with Crippen LogP contribution in [0.25, 0.3) is 0 Å². The molecule has 1 N–H and O–H groups in total. The van der Waals surface area contributed by atoms with Gasteiger partial charge in [0, 0.05) is 5.56 Å². The Bertz CT molecular complexity index is 415. The van der Waals surface area contributed by atoms with E-state index in [1.807, 2.05) is 24.3 Å². The van der Waals surface area contributed by atoms with Crippen LogP contribution in [0.3, 0.4) is 0 Å². The van der Waals surface area contributed by atoms with Gasteiger partial charge in [-0.15, -0.1) is 0 Å². The van der Waals surface area contributed by atoms with E-state index in [4.69, 9.17) is 0 Å². The maximum absolute atomic E-state index is 12.1. The maximum atomic E-state index is 12.1. The van der Waals surface area contributed by atoms with Gasteiger partial charge in [-0.2, -0.15) is 0 Å². The average Bonchev–Trinajstić information content (AvgIpc) is 2.43. The topological polar surface area (TPSA) is 37.3 Å². The predicted molar refractivity (Wildman–Crippen MR) is 63.3 cm³/mol. The van der Waals surface area contributed by atoms with Crippen LogP contribution >= 0.6 is 0 Å². The van der Waals surface area contributed by atoms with Crippen molar-refractivity contribution in [2.75, 3.05) is 0 Å². The lowest BCUT2D eigenvalue weighted by molar-refractivity contribution is 0.0653. The van der Waals surface area contributed by atoms with Crippen LogP contribution in [0.2, 0.25) is 0 Å². The molecule has 0 aromatic heterocycles. The fourth-order valence-electron chi connectivity index (χ4n) is 2.40. The van der Waals surface area contributed by atoms with Gasteiger partial charge < -0.3 is 5.11 Å². The van der Waals surface area contributed by atoms with Crippen molar-refractivity contribution in [3.63, 3.8) is 0 Å². The van der Waals surface area contributed by atoms with E-state index in [0.717, 1.165) is 12.0 Å². The third kappa shape index (κ3) is 1.90. The van der Waals surface area contributed by atoms with Crippen LogP contribution < -0.4 is 0 Å². The Balaban J connectivity index is 2.32. The van der Waals surface area contributed by atoms with Gasteiger partial charge in [0.25, 0.3) is 0 Å². The molecule has 0 amide bonds. The van der Waals surface area contributed by atoms with Crippen LogP contribution in [0.5, 0.6) is 0 Å². The zero-order valence-corrected chi connectivity index (χ0v) is 10.0. The van der Waals surface area contributed by atoms with Gasteiger partial charge in [0.15, 0.2) is 5.78 Å². The maximum Gasteiger partial charge on any atom is 0.169 e. The molecule has 0 saturated heterocycles. The number of hydrogen-bond acceptors (Lipinski definition) is 2.